The van der Waals surface area contributed by atoms with Crippen molar-refractivity contribution in [2.45, 2.75) is 19.8 Å². The Morgan fingerprint density at radius 1 is 1.60 bits per heavy atom. The van der Waals surface area contributed by atoms with E-state index in [1.54, 1.807) is 0 Å². The third-order valence-corrected chi connectivity index (χ3v) is 3.19. The molecule has 0 saturated carbocycles. The molecule has 1 atom stereocenters. The average molecular weight is 275 g/mol. The molecule has 0 aromatic carbocycles. The number of likely N-dealkylation sites (tertiary alicyclic amines) is 1. The largest absolute Gasteiger partial charge is 0.306 e. The fourth-order valence-corrected chi connectivity index (χ4v) is 2.72. The molecule has 3 heteroatoms. The minimum absolute atomic E-state index is 0.855. The molecule has 1 rings (SSSR count). The Kier molecular flexibility index (Phi) is 5.87. The van der Waals surface area contributed by atoms with Crippen LogP contribution in [-0.2, 0) is 0 Å². The van der Waals surface area contributed by atoms with Gasteiger partial charge in [0.15, 0.2) is 0 Å². The molecule has 0 bridgehead atoms. The first-order chi connectivity index (χ1) is 7.11. The lowest BCUT2D eigenvalue weighted by molar-refractivity contribution is 0.269. The van der Waals surface area contributed by atoms with E-state index in [0.29, 0.717) is 0 Å². The van der Waals surface area contributed by atoms with Crippen molar-refractivity contribution in [3.8, 4) is 0 Å². The molecular weight excluding hydrogens is 252 g/mol. The third kappa shape index (κ3) is 5.14. The smallest absolute Gasteiger partial charge is 0.0294 e. The number of nitrogens with zero attached hydrogens (tertiary/aromatic N) is 2. The Labute approximate surface area is 102 Å². The summed E-state index contributed by atoms with van der Waals surface area (Å²) in [6.07, 6.45) is 2.60. The first-order valence-corrected chi connectivity index (χ1v) is 6.65. The Balaban J connectivity index is 2.21. The van der Waals surface area contributed by atoms with Crippen LogP contribution in [0.1, 0.15) is 19.8 Å². The van der Waals surface area contributed by atoms with Crippen LogP contribution < -0.4 is 0 Å². The standard InChI is InChI=1S/C12H23BrN2/c1-4-6-14(3)9-12-5-7-15(10-12)8-11(2)13/h12H,2,4-10H2,1,3H3. The van der Waals surface area contributed by atoms with Crippen LogP contribution >= 0.6 is 15.9 Å². The fourth-order valence-electron chi connectivity index (χ4n) is 2.36. The predicted octanol–water partition coefficient (Wildman–Crippen LogP) is 2.56. The van der Waals surface area contributed by atoms with Crippen molar-refractivity contribution in [1.82, 2.24) is 9.80 Å². The maximum absolute atomic E-state index is 3.90. The van der Waals surface area contributed by atoms with Gasteiger partial charge < -0.3 is 4.90 Å². The number of halogens is 1. The molecular formula is C12H23BrN2. The molecule has 0 amide bonds. The van der Waals surface area contributed by atoms with Gasteiger partial charge >= 0.3 is 0 Å². The summed E-state index contributed by atoms with van der Waals surface area (Å²) < 4.78 is 1.10. The zero-order valence-electron chi connectivity index (χ0n) is 10.0. The summed E-state index contributed by atoms with van der Waals surface area (Å²) in [6, 6.07) is 0. The molecule has 1 aliphatic rings. The van der Waals surface area contributed by atoms with Gasteiger partial charge in [-0.15, -0.1) is 0 Å². The van der Waals surface area contributed by atoms with Gasteiger partial charge in [-0.25, -0.2) is 0 Å². The number of hydrogen-bond donors (Lipinski definition) is 0. The summed E-state index contributed by atoms with van der Waals surface area (Å²) in [5.41, 5.74) is 0. The average Bonchev–Trinajstić information content (AvgIpc) is 2.51. The van der Waals surface area contributed by atoms with Crippen LogP contribution in [-0.4, -0.2) is 49.6 Å². The van der Waals surface area contributed by atoms with E-state index in [1.165, 1.54) is 39.0 Å². The fraction of sp³-hybridized carbons (Fsp3) is 0.833. The molecule has 15 heavy (non-hydrogen) atoms. The first-order valence-electron chi connectivity index (χ1n) is 5.86. The van der Waals surface area contributed by atoms with E-state index in [0.717, 1.165) is 16.9 Å². The quantitative estimate of drug-likeness (QED) is 0.735. The van der Waals surface area contributed by atoms with E-state index in [4.69, 9.17) is 0 Å². The second kappa shape index (κ2) is 6.66. The normalized spacial score (nSPS) is 22.5. The molecule has 0 aromatic heterocycles. The van der Waals surface area contributed by atoms with E-state index in [1.807, 2.05) is 0 Å². The van der Waals surface area contributed by atoms with E-state index in [9.17, 15) is 0 Å². The highest BCUT2D eigenvalue weighted by atomic mass is 79.9. The molecule has 0 aromatic rings. The molecule has 0 aliphatic carbocycles. The highest BCUT2D eigenvalue weighted by Crippen LogP contribution is 2.19. The summed E-state index contributed by atoms with van der Waals surface area (Å²) in [7, 11) is 2.23. The monoisotopic (exact) mass is 274 g/mol. The van der Waals surface area contributed by atoms with Gasteiger partial charge in [0.1, 0.15) is 0 Å². The van der Waals surface area contributed by atoms with Gasteiger partial charge in [-0.1, -0.05) is 29.4 Å². The maximum atomic E-state index is 3.90. The van der Waals surface area contributed by atoms with Crippen molar-refractivity contribution >= 4 is 15.9 Å². The lowest BCUT2D eigenvalue weighted by atomic mass is 10.1. The van der Waals surface area contributed by atoms with Crippen LogP contribution in [0.3, 0.4) is 0 Å². The van der Waals surface area contributed by atoms with Crippen molar-refractivity contribution in [3.05, 3.63) is 11.1 Å². The lowest BCUT2D eigenvalue weighted by Gasteiger charge is -2.20. The van der Waals surface area contributed by atoms with Crippen LogP contribution in [0.4, 0.5) is 0 Å². The summed E-state index contributed by atoms with van der Waals surface area (Å²) in [4.78, 5) is 4.94. The Bertz CT molecular complexity index is 206. The summed E-state index contributed by atoms with van der Waals surface area (Å²) in [5, 5.41) is 0. The first kappa shape index (κ1) is 13.2. The highest BCUT2D eigenvalue weighted by molar-refractivity contribution is 9.11. The predicted molar refractivity (Wildman–Crippen MR) is 70.4 cm³/mol. The molecule has 1 heterocycles. The number of rotatable bonds is 6. The van der Waals surface area contributed by atoms with Crippen molar-refractivity contribution < 1.29 is 0 Å². The van der Waals surface area contributed by atoms with Gasteiger partial charge in [0.25, 0.3) is 0 Å². The second-order valence-electron chi connectivity index (χ2n) is 4.67. The molecule has 88 valence electrons. The van der Waals surface area contributed by atoms with Crippen molar-refractivity contribution in [2.75, 3.05) is 39.8 Å². The third-order valence-electron chi connectivity index (χ3n) is 2.94. The Hall–Kier alpha value is 0.140. The van der Waals surface area contributed by atoms with Crippen LogP contribution in [0.5, 0.6) is 0 Å². The zero-order chi connectivity index (χ0) is 11.3. The van der Waals surface area contributed by atoms with Crippen LogP contribution in [0.25, 0.3) is 0 Å². The molecule has 1 saturated heterocycles. The molecule has 1 fully saturated rings. The second-order valence-corrected chi connectivity index (χ2v) is 5.79. The number of hydrogen-bond acceptors (Lipinski definition) is 2. The van der Waals surface area contributed by atoms with Crippen LogP contribution in [0.15, 0.2) is 11.1 Å². The van der Waals surface area contributed by atoms with Crippen LogP contribution in [0, 0.1) is 5.92 Å². The lowest BCUT2D eigenvalue weighted by Crippen LogP contribution is -2.29. The summed E-state index contributed by atoms with van der Waals surface area (Å²) in [5.74, 6) is 0.855. The molecule has 2 nitrogen and oxygen atoms in total. The molecule has 0 radical (unpaired) electrons. The SMILES string of the molecule is C=C(Br)CN1CCC(CN(C)CCC)C1. The van der Waals surface area contributed by atoms with E-state index in [-0.39, 0.29) is 0 Å². The minimum atomic E-state index is 0.855. The van der Waals surface area contributed by atoms with Gasteiger partial charge in [0.05, 0.1) is 0 Å². The highest BCUT2D eigenvalue weighted by Gasteiger charge is 2.23. The summed E-state index contributed by atoms with van der Waals surface area (Å²) in [6.45, 7) is 12.1. The van der Waals surface area contributed by atoms with Gasteiger partial charge in [-0.3, -0.25) is 4.90 Å². The van der Waals surface area contributed by atoms with Gasteiger partial charge in [-0.05, 0) is 38.9 Å². The topological polar surface area (TPSA) is 6.48 Å². The Morgan fingerprint density at radius 3 is 2.93 bits per heavy atom. The molecule has 0 spiro atoms. The Morgan fingerprint density at radius 2 is 2.33 bits per heavy atom. The van der Waals surface area contributed by atoms with E-state index >= 15 is 0 Å². The molecule has 1 aliphatic heterocycles. The van der Waals surface area contributed by atoms with Crippen molar-refractivity contribution in [3.63, 3.8) is 0 Å². The zero-order valence-corrected chi connectivity index (χ0v) is 11.6. The van der Waals surface area contributed by atoms with Crippen LogP contribution in [0.2, 0.25) is 0 Å². The van der Waals surface area contributed by atoms with E-state index in [2.05, 4.69) is 46.3 Å². The summed E-state index contributed by atoms with van der Waals surface area (Å²) >= 11 is 3.43. The van der Waals surface area contributed by atoms with Gasteiger partial charge in [-0.2, -0.15) is 0 Å². The van der Waals surface area contributed by atoms with Gasteiger partial charge in [0, 0.05) is 24.1 Å². The molecule has 0 N–H and O–H groups in total. The van der Waals surface area contributed by atoms with Crippen molar-refractivity contribution in [1.29, 1.82) is 0 Å². The molecule has 1 unspecified atom stereocenters. The van der Waals surface area contributed by atoms with E-state index < -0.39 is 0 Å². The minimum Gasteiger partial charge on any atom is -0.306 e. The van der Waals surface area contributed by atoms with Gasteiger partial charge in [0.2, 0.25) is 0 Å². The van der Waals surface area contributed by atoms with Crippen molar-refractivity contribution in [2.24, 2.45) is 5.92 Å². The maximum Gasteiger partial charge on any atom is 0.0294 e.